The summed E-state index contributed by atoms with van der Waals surface area (Å²) in [4.78, 5) is 20.6. The first kappa shape index (κ1) is 11.9. The third kappa shape index (κ3) is 3.89. The fourth-order valence-electron chi connectivity index (χ4n) is 1.34. The molecule has 0 rings (SSSR count). The van der Waals surface area contributed by atoms with Gasteiger partial charge < -0.3 is 19.7 Å². The van der Waals surface area contributed by atoms with Gasteiger partial charge in [-0.1, -0.05) is 6.92 Å². The number of carbonyl (C=O) groups excluding carboxylic acids is 2. The summed E-state index contributed by atoms with van der Waals surface area (Å²) < 4.78 is 0.192. The zero-order chi connectivity index (χ0) is 10.5. The molecule has 0 fully saturated rings. The van der Waals surface area contributed by atoms with Gasteiger partial charge in [-0.25, -0.2) is 0 Å². The Kier molecular flexibility index (Phi) is 4.40. The third-order valence-electron chi connectivity index (χ3n) is 2.03. The number of hydrogen-bond donors (Lipinski definition) is 1. The van der Waals surface area contributed by atoms with E-state index in [-0.39, 0.29) is 17.2 Å². The second kappa shape index (κ2) is 4.81. The number of carbonyl (C=O) groups is 2. The summed E-state index contributed by atoms with van der Waals surface area (Å²) in [7, 11) is 3.47. The van der Waals surface area contributed by atoms with Crippen LogP contribution in [0.3, 0.4) is 0 Å². The second-order valence-electron chi connectivity index (χ2n) is 3.52. The summed E-state index contributed by atoms with van der Waals surface area (Å²) in [5.41, 5.74) is 0. The molecule has 0 spiro atoms. The highest BCUT2D eigenvalue weighted by Crippen LogP contribution is 2.06. The number of nitrogens with zero attached hydrogens (tertiary/aromatic N) is 1. The molecule has 1 N–H and O–H groups in total. The van der Waals surface area contributed by atoms with E-state index in [1.807, 2.05) is 6.92 Å². The Hall–Kier alpha value is -1.10. The Morgan fingerprint density at radius 1 is 1.62 bits per heavy atom. The fraction of sp³-hybridized carbons (Fsp3) is 0.750. The first-order valence-corrected chi connectivity index (χ1v) is 4.16. The van der Waals surface area contributed by atoms with Crippen LogP contribution in [0.25, 0.3) is 0 Å². The van der Waals surface area contributed by atoms with Crippen LogP contribution in [0.4, 0.5) is 0 Å². The molecule has 0 saturated carbocycles. The minimum Gasteiger partial charge on any atom is -0.544 e. The molecule has 0 aromatic heterocycles. The van der Waals surface area contributed by atoms with Gasteiger partial charge in [-0.3, -0.25) is 4.79 Å². The zero-order valence-corrected chi connectivity index (χ0v) is 8.24. The third-order valence-corrected chi connectivity index (χ3v) is 2.03. The number of nitrogens with one attached hydrogen (secondary N) is 1. The number of carboxylic acids is 1. The standard InChI is InChI=1S/C8H16N2O3/c1-4-7(9-6-11)10(2,3)5-8(12)13/h6-7H,4-5H2,1-3H3,(H-,9,11,12,13). The van der Waals surface area contributed by atoms with Crippen molar-refractivity contribution in [1.82, 2.24) is 5.32 Å². The normalized spacial score (nSPS) is 13.5. The molecule has 0 aliphatic carbocycles. The van der Waals surface area contributed by atoms with Crippen LogP contribution in [0, 0.1) is 0 Å². The van der Waals surface area contributed by atoms with Crippen molar-refractivity contribution in [2.45, 2.75) is 19.5 Å². The van der Waals surface area contributed by atoms with E-state index in [0.717, 1.165) is 0 Å². The van der Waals surface area contributed by atoms with Crippen LogP contribution in [0.1, 0.15) is 13.3 Å². The molecule has 0 aromatic carbocycles. The molecule has 76 valence electrons. The van der Waals surface area contributed by atoms with Crippen molar-refractivity contribution in [3.8, 4) is 0 Å². The number of rotatable bonds is 6. The van der Waals surface area contributed by atoms with E-state index in [4.69, 9.17) is 0 Å². The lowest BCUT2D eigenvalue weighted by Crippen LogP contribution is -2.59. The average molecular weight is 188 g/mol. The first-order chi connectivity index (χ1) is 5.94. The second-order valence-corrected chi connectivity index (χ2v) is 3.52. The molecule has 1 amide bonds. The molecule has 0 aromatic rings. The Labute approximate surface area is 77.9 Å². The summed E-state index contributed by atoms with van der Waals surface area (Å²) in [6, 6.07) is 0. The van der Waals surface area contributed by atoms with Gasteiger partial charge in [0.2, 0.25) is 6.41 Å². The van der Waals surface area contributed by atoms with Gasteiger partial charge in [-0.05, 0) is 0 Å². The van der Waals surface area contributed by atoms with Crippen LogP contribution in [0.2, 0.25) is 0 Å². The Morgan fingerprint density at radius 2 is 2.15 bits per heavy atom. The summed E-state index contributed by atoms with van der Waals surface area (Å²) >= 11 is 0. The molecule has 0 saturated heterocycles. The van der Waals surface area contributed by atoms with Gasteiger partial charge in [0.05, 0.1) is 20.1 Å². The Balaban J connectivity index is 4.35. The predicted molar refractivity (Wildman–Crippen MR) is 45.3 cm³/mol. The molecular weight excluding hydrogens is 172 g/mol. The molecule has 0 heterocycles. The lowest BCUT2D eigenvalue weighted by Gasteiger charge is -2.37. The zero-order valence-electron chi connectivity index (χ0n) is 8.24. The smallest absolute Gasteiger partial charge is 0.211 e. The van der Waals surface area contributed by atoms with Crippen LogP contribution in [-0.2, 0) is 9.59 Å². The van der Waals surface area contributed by atoms with Crippen LogP contribution >= 0.6 is 0 Å². The topological polar surface area (TPSA) is 69.2 Å². The summed E-state index contributed by atoms with van der Waals surface area (Å²) in [5, 5.41) is 13.0. The van der Waals surface area contributed by atoms with E-state index in [0.29, 0.717) is 12.8 Å². The SMILES string of the molecule is CCC(NC=O)[N+](C)(C)CC(=O)[O-]. The first-order valence-electron chi connectivity index (χ1n) is 4.16. The van der Waals surface area contributed by atoms with Crippen LogP contribution in [0.15, 0.2) is 0 Å². The molecular formula is C8H16N2O3. The van der Waals surface area contributed by atoms with E-state index >= 15 is 0 Å². The molecule has 0 bridgehead atoms. The number of hydrogen-bond acceptors (Lipinski definition) is 3. The van der Waals surface area contributed by atoms with Crippen molar-refractivity contribution in [3.63, 3.8) is 0 Å². The maximum absolute atomic E-state index is 10.4. The number of aliphatic carboxylic acids is 1. The van der Waals surface area contributed by atoms with Crippen molar-refractivity contribution < 1.29 is 19.2 Å². The van der Waals surface area contributed by atoms with Crippen molar-refractivity contribution in [1.29, 1.82) is 0 Å². The van der Waals surface area contributed by atoms with E-state index in [1.165, 1.54) is 0 Å². The largest absolute Gasteiger partial charge is 0.544 e. The molecule has 1 atom stereocenters. The van der Waals surface area contributed by atoms with Crippen LogP contribution in [-0.4, -0.2) is 43.7 Å². The summed E-state index contributed by atoms with van der Waals surface area (Å²) in [6.45, 7) is 1.77. The molecule has 0 aliphatic rings. The van der Waals surface area contributed by atoms with Crippen molar-refractivity contribution in [2.24, 2.45) is 0 Å². The van der Waals surface area contributed by atoms with Gasteiger partial charge in [0, 0.05) is 6.42 Å². The molecule has 5 nitrogen and oxygen atoms in total. The predicted octanol–water partition coefficient (Wildman–Crippen LogP) is -1.71. The lowest BCUT2D eigenvalue weighted by atomic mass is 10.3. The van der Waals surface area contributed by atoms with Gasteiger partial charge in [-0.2, -0.15) is 0 Å². The highest BCUT2D eigenvalue weighted by Gasteiger charge is 2.25. The van der Waals surface area contributed by atoms with E-state index < -0.39 is 5.97 Å². The minimum atomic E-state index is -1.11. The summed E-state index contributed by atoms with van der Waals surface area (Å²) in [6.07, 6.45) is 1.08. The van der Waals surface area contributed by atoms with E-state index in [1.54, 1.807) is 14.1 Å². The number of likely N-dealkylation sites (N-methyl/N-ethyl adjacent to an activating group) is 1. The van der Waals surface area contributed by atoms with Crippen molar-refractivity contribution >= 4 is 12.4 Å². The van der Waals surface area contributed by atoms with E-state index in [9.17, 15) is 14.7 Å². The van der Waals surface area contributed by atoms with Crippen molar-refractivity contribution in [2.75, 3.05) is 20.6 Å². The quantitative estimate of drug-likeness (QED) is 0.307. The summed E-state index contributed by atoms with van der Waals surface area (Å²) in [5.74, 6) is -1.11. The number of quaternary nitrogens is 1. The van der Waals surface area contributed by atoms with Gasteiger partial charge >= 0.3 is 0 Å². The fourth-order valence-corrected chi connectivity index (χ4v) is 1.34. The average Bonchev–Trinajstić information content (AvgIpc) is 1.97. The maximum atomic E-state index is 10.4. The van der Waals surface area contributed by atoms with Gasteiger partial charge in [-0.15, -0.1) is 0 Å². The van der Waals surface area contributed by atoms with Crippen molar-refractivity contribution in [3.05, 3.63) is 0 Å². The van der Waals surface area contributed by atoms with Crippen LogP contribution in [0.5, 0.6) is 0 Å². The highest BCUT2D eigenvalue weighted by atomic mass is 16.4. The molecule has 0 aliphatic heterocycles. The van der Waals surface area contributed by atoms with E-state index in [2.05, 4.69) is 5.32 Å². The minimum absolute atomic E-state index is 0.112. The molecule has 0 radical (unpaired) electrons. The Morgan fingerprint density at radius 3 is 2.46 bits per heavy atom. The highest BCUT2D eigenvalue weighted by molar-refractivity contribution is 5.65. The van der Waals surface area contributed by atoms with Crippen LogP contribution < -0.4 is 10.4 Å². The number of amides is 1. The van der Waals surface area contributed by atoms with Gasteiger partial charge in [0.1, 0.15) is 6.54 Å². The monoisotopic (exact) mass is 188 g/mol. The molecule has 5 heteroatoms. The maximum Gasteiger partial charge on any atom is 0.211 e. The Bertz CT molecular complexity index is 192. The molecule has 13 heavy (non-hydrogen) atoms. The lowest BCUT2D eigenvalue weighted by molar-refractivity contribution is -0.912. The van der Waals surface area contributed by atoms with Gasteiger partial charge in [0.15, 0.2) is 6.17 Å². The number of carboxylic acid groups (broad SMARTS) is 1. The molecule has 1 unspecified atom stereocenters. The van der Waals surface area contributed by atoms with Gasteiger partial charge in [0.25, 0.3) is 0 Å².